The minimum atomic E-state index is 0.0253. The summed E-state index contributed by atoms with van der Waals surface area (Å²) in [7, 11) is 4.05. The van der Waals surface area contributed by atoms with Crippen molar-refractivity contribution in [3.63, 3.8) is 0 Å². The van der Waals surface area contributed by atoms with Crippen LogP contribution in [-0.2, 0) is 11.2 Å². The van der Waals surface area contributed by atoms with Crippen molar-refractivity contribution in [1.29, 1.82) is 0 Å². The van der Waals surface area contributed by atoms with Gasteiger partial charge < -0.3 is 15.0 Å². The number of amides is 1. The molecule has 0 aliphatic rings. The van der Waals surface area contributed by atoms with Gasteiger partial charge in [-0.2, -0.15) is 0 Å². The van der Waals surface area contributed by atoms with E-state index in [4.69, 9.17) is 4.74 Å². The van der Waals surface area contributed by atoms with E-state index in [1.54, 1.807) is 11.3 Å². The Hall–Kier alpha value is -1.92. The third-order valence-corrected chi connectivity index (χ3v) is 4.35. The van der Waals surface area contributed by atoms with Crippen molar-refractivity contribution in [1.82, 2.24) is 15.2 Å². The number of carbonyl (C=O) groups excluding carboxylic acids is 1. The van der Waals surface area contributed by atoms with Crippen LogP contribution in [0.25, 0.3) is 10.6 Å². The van der Waals surface area contributed by atoms with Gasteiger partial charge in [-0.3, -0.25) is 4.79 Å². The maximum absolute atomic E-state index is 11.9. The van der Waals surface area contributed by atoms with Crippen molar-refractivity contribution in [3.05, 3.63) is 35.3 Å². The number of rotatable bonds is 9. The number of ether oxygens (including phenoxy) is 1. The first kappa shape index (κ1) is 18.4. The van der Waals surface area contributed by atoms with Gasteiger partial charge in [0.1, 0.15) is 10.8 Å². The molecule has 0 atom stereocenters. The molecule has 0 bridgehead atoms. The molecule has 1 amide bonds. The van der Waals surface area contributed by atoms with Crippen molar-refractivity contribution in [2.45, 2.75) is 19.8 Å². The fourth-order valence-corrected chi connectivity index (χ4v) is 3.06. The molecule has 0 aliphatic heterocycles. The van der Waals surface area contributed by atoms with Gasteiger partial charge >= 0.3 is 0 Å². The van der Waals surface area contributed by atoms with E-state index in [1.807, 2.05) is 50.7 Å². The number of carbonyl (C=O) groups is 1. The van der Waals surface area contributed by atoms with Crippen LogP contribution in [0.1, 0.15) is 19.0 Å². The maximum atomic E-state index is 11.9. The molecule has 1 heterocycles. The molecule has 0 radical (unpaired) electrons. The van der Waals surface area contributed by atoms with Crippen LogP contribution in [0.15, 0.2) is 29.6 Å². The molecule has 1 aromatic heterocycles. The molecular weight excluding hydrogens is 322 g/mol. The fourth-order valence-electron chi connectivity index (χ4n) is 2.23. The molecule has 5 nitrogen and oxygen atoms in total. The van der Waals surface area contributed by atoms with Crippen molar-refractivity contribution in [2.75, 3.05) is 33.8 Å². The summed E-state index contributed by atoms with van der Waals surface area (Å²) in [5.41, 5.74) is 1.86. The molecule has 1 N–H and O–H groups in total. The van der Waals surface area contributed by atoms with E-state index in [0.717, 1.165) is 35.0 Å². The van der Waals surface area contributed by atoms with E-state index < -0.39 is 0 Å². The van der Waals surface area contributed by atoms with E-state index in [2.05, 4.69) is 15.2 Å². The predicted octanol–water partition coefficient (Wildman–Crippen LogP) is 2.82. The van der Waals surface area contributed by atoms with Crippen LogP contribution in [0, 0.1) is 0 Å². The lowest BCUT2D eigenvalue weighted by molar-refractivity contribution is -0.120. The summed E-state index contributed by atoms with van der Waals surface area (Å²) in [5, 5.41) is 5.81. The van der Waals surface area contributed by atoms with Crippen LogP contribution in [0.4, 0.5) is 0 Å². The van der Waals surface area contributed by atoms with Crippen LogP contribution in [-0.4, -0.2) is 49.6 Å². The van der Waals surface area contributed by atoms with Crippen molar-refractivity contribution in [3.8, 4) is 16.3 Å². The van der Waals surface area contributed by atoms with Gasteiger partial charge in [0, 0.05) is 17.5 Å². The largest absolute Gasteiger partial charge is 0.494 e. The van der Waals surface area contributed by atoms with Gasteiger partial charge in [0.15, 0.2) is 0 Å². The zero-order valence-electron chi connectivity index (χ0n) is 14.5. The third-order valence-electron chi connectivity index (χ3n) is 3.41. The van der Waals surface area contributed by atoms with Crippen molar-refractivity contribution >= 4 is 17.2 Å². The number of nitrogens with zero attached hydrogens (tertiary/aromatic N) is 2. The highest BCUT2D eigenvalue weighted by Crippen LogP contribution is 2.25. The first-order chi connectivity index (χ1) is 11.6. The Bertz CT molecular complexity index is 638. The van der Waals surface area contributed by atoms with E-state index in [9.17, 15) is 4.79 Å². The number of benzene rings is 1. The molecule has 6 heteroatoms. The average Bonchev–Trinajstić information content (AvgIpc) is 3.01. The lowest BCUT2D eigenvalue weighted by Crippen LogP contribution is -2.28. The lowest BCUT2D eigenvalue weighted by Gasteiger charge is -2.09. The number of thiazole rings is 1. The Labute approximate surface area is 147 Å². The predicted molar refractivity (Wildman–Crippen MR) is 98.6 cm³/mol. The number of aromatic nitrogens is 1. The second-order valence-corrected chi connectivity index (χ2v) is 6.64. The Kier molecular flexibility index (Phi) is 7.21. The minimum absolute atomic E-state index is 0.0253. The van der Waals surface area contributed by atoms with Crippen LogP contribution in [0.5, 0.6) is 5.75 Å². The first-order valence-corrected chi connectivity index (χ1v) is 9.05. The van der Waals surface area contributed by atoms with E-state index in [1.165, 1.54) is 0 Å². The summed E-state index contributed by atoms with van der Waals surface area (Å²) in [6, 6.07) is 7.87. The van der Waals surface area contributed by atoms with Crippen molar-refractivity contribution in [2.24, 2.45) is 0 Å². The molecule has 2 aromatic rings. The Balaban J connectivity index is 1.85. The second kappa shape index (κ2) is 9.39. The van der Waals surface area contributed by atoms with Gasteiger partial charge in [-0.05, 0) is 58.3 Å². The summed E-state index contributed by atoms with van der Waals surface area (Å²) in [5.74, 6) is 0.882. The summed E-state index contributed by atoms with van der Waals surface area (Å²) >= 11 is 1.56. The SMILES string of the molecule is CCOc1ccc(-c2nc(CC(=O)NCCCN(C)C)cs2)cc1. The molecule has 0 saturated heterocycles. The van der Waals surface area contributed by atoms with Crippen LogP contribution >= 0.6 is 11.3 Å². The molecule has 0 spiro atoms. The van der Waals surface area contributed by atoms with Gasteiger partial charge in [0.05, 0.1) is 18.7 Å². The number of hydrogen-bond donors (Lipinski definition) is 1. The number of hydrogen-bond acceptors (Lipinski definition) is 5. The Morgan fingerprint density at radius 2 is 2.04 bits per heavy atom. The number of nitrogens with one attached hydrogen (secondary N) is 1. The Morgan fingerprint density at radius 1 is 1.29 bits per heavy atom. The topological polar surface area (TPSA) is 54.5 Å². The summed E-state index contributed by atoms with van der Waals surface area (Å²) in [4.78, 5) is 18.6. The second-order valence-electron chi connectivity index (χ2n) is 5.78. The highest BCUT2D eigenvalue weighted by molar-refractivity contribution is 7.13. The van der Waals surface area contributed by atoms with Crippen molar-refractivity contribution < 1.29 is 9.53 Å². The molecule has 24 heavy (non-hydrogen) atoms. The molecule has 1 aromatic carbocycles. The molecular formula is C18H25N3O2S. The molecule has 2 rings (SSSR count). The summed E-state index contributed by atoms with van der Waals surface area (Å²) < 4.78 is 5.44. The highest BCUT2D eigenvalue weighted by atomic mass is 32.1. The van der Waals surface area contributed by atoms with Gasteiger partial charge in [-0.15, -0.1) is 11.3 Å². The first-order valence-electron chi connectivity index (χ1n) is 8.17. The fraction of sp³-hybridized carbons (Fsp3) is 0.444. The molecule has 130 valence electrons. The third kappa shape index (κ3) is 5.94. The van der Waals surface area contributed by atoms with Gasteiger partial charge in [0.2, 0.25) is 5.91 Å². The quantitative estimate of drug-likeness (QED) is 0.709. The molecule has 0 fully saturated rings. The van der Waals surface area contributed by atoms with E-state index >= 15 is 0 Å². The highest BCUT2D eigenvalue weighted by Gasteiger charge is 2.09. The Morgan fingerprint density at radius 3 is 2.71 bits per heavy atom. The zero-order valence-corrected chi connectivity index (χ0v) is 15.4. The molecule has 0 unspecified atom stereocenters. The monoisotopic (exact) mass is 347 g/mol. The molecule has 0 saturated carbocycles. The molecule has 0 aliphatic carbocycles. The standard InChI is InChI=1S/C18H25N3O2S/c1-4-23-16-8-6-14(7-9-16)18-20-15(13-24-18)12-17(22)19-10-5-11-21(2)3/h6-9,13H,4-5,10-12H2,1-3H3,(H,19,22). The average molecular weight is 347 g/mol. The van der Waals surface area contributed by atoms with Crippen LogP contribution in [0.3, 0.4) is 0 Å². The van der Waals surface area contributed by atoms with Gasteiger partial charge in [-0.1, -0.05) is 0 Å². The summed E-state index contributed by atoms with van der Waals surface area (Å²) in [6.45, 7) is 4.29. The lowest BCUT2D eigenvalue weighted by atomic mass is 10.2. The van der Waals surface area contributed by atoms with E-state index in [-0.39, 0.29) is 5.91 Å². The zero-order chi connectivity index (χ0) is 17.4. The van der Waals surface area contributed by atoms with Crippen LogP contribution in [0.2, 0.25) is 0 Å². The van der Waals surface area contributed by atoms with Gasteiger partial charge in [0.25, 0.3) is 0 Å². The summed E-state index contributed by atoms with van der Waals surface area (Å²) in [6.07, 6.45) is 1.28. The smallest absolute Gasteiger partial charge is 0.226 e. The normalized spacial score (nSPS) is 10.8. The van der Waals surface area contributed by atoms with E-state index in [0.29, 0.717) is 19.6 Å². The minimum Gasteiger partial charge on any atom is -0.494 e. The maximum Gasteiger partial charge on any atom is 0.226 e. The van der Waals surface area contributed by atoms with Gasteiger partial charge in [-0.25, -0.2) is 4.98 Å². The van der Waals surface area contributed by atoms with Crippen LogP contribution < -0.4 is 10.1 Å².